The molecule has 0 aliphatic heterocycles. The molecule has 40 heavy (non-hydrogen) atoms. The van der Waals surface area contributed by atoms with Crippen molar-refractivity contribution < 1.29 is 38.1 Å². The van der Waals surface area contributed by atoms with E-state index in [-0.39, 0.29) is 51.1 Å². The van der Waals surface area contributed by atoms with Gasteiger partial charge in [-0.15, -0.1) is 0 Å². The molecule has 0 saturated heterocycles. The highest BCUT2D eigenvalue weighted by molar-refractivity contribution is 6.37. The maximum absolute atomic E-state index is 13.1. The maximum Gasteiger partial charge on any atom is 0.420 e. The van der Waals surface area contributed by atoms with Crippen molar-refractivity contribution in [2.75, 3.05) is 46.4 Å². The lowest BCUT2D eigenvalue weighted by atomic mass is 10.1. The van der Waals surface area contributed by atoms with Crippen molar-refractivity contribution in [2.24, 2.45) is 0 Å². The Bertz CT molecular complexity index is 1360. The summed E-state index contributed by atoms with van der Waals surface area (Å²) in [5.74, 6) is 0.540. The van der Waals surface area contributed by atoms with Crippen LogP contribution in [0.5, 0.6) is 28.7 Å². The Kier molecular flexibility index (Phi) is 10.5. The van der Waals surface area contributed by atoms with Gasteiger partial charge in [-0.05, 0) is 61.5 Å². The van der Waals surface area contributed by atoms with Gasteiger partial charge in [-0.3, -0.25) is 14.5 Å². The van der Waals surface area contributed by atoms with Crippen molar-refractivity contribution in [2.45, 2.75) is 6.92 Å². The molecule has 3 aromatic rings. The van der Waals surface area contributed by atoms with Gasteiger partial charge >= 0.3 is 12.1 Å². The van der Waals surface area contributed by atoms with Crippen molar-refractivity contribution in [3.05, 3.63) is 70.2 Å². The van der Waals surface area contributed by atoms with Gasteiger partial charge in [-0.2, -0.15) is 0 Å². The van der Waals surface area contributed by atoms with Crippen LogP contribution < -0.4 is 23.8 Å². The first-order chi connectivity index (χ1) is 19.1. The van der Waals surface area contributed by atoms with Crippen molar-refractivity contribution in [1.82, 2.24) is 4.90 Å². The van der Waals surface area contributed by atoms with Gasteiger partial charge in [-0.25, -0.2) is 4.79 Å². The number of halogens is 2. The van der Waals surface area contributed by atoms with E-state index in [1.807, 2.05) is 0 Å². The molecule has 0 heterocycles. The average Bonchev–Trinajstić information content (AvgIpc) is 2.93. The fourth-order valence-corrected chi connectivity index (χ4v) is 4.03. The van der Waals surface area contributed by atoms with E-state index in [0.717, 1.165) is 4.90 Å². The zero-order valence-electron chi connectivity index (χ0n) is 22.5. The van der Waals surface area contributed by atoms with E-state index in [4.69, 9.17) is 46.9 Å². The summed E-state index contributed by atoms with van der Waals surface area (Å²) in [6, 6.07) is 13.8. The van der Waals surface area contributed by atoms with Crippen molar-refractivity contribution in [1.29, 1.82) is 0 Å². The minimum Gasteiger partial charge on any atom is -0.497 e. The number of hydrogen-bond acceptors (Lipinski definition) is 8. The van der Waals surface area contributed by atoms with Gasteiger partial charge in [0, 0.05) is 14.1 Å². The molecule has 10 nitrogen and oxygen atoms in total. The Balaban J connectivity index is 1.93. The summed E-state index contributed by atoms with van der Waals surface area (Å²) in [5, 5.41) is 0.0646. The van der Waals surface area contributed by atoms with Crippen LogP contribution in [-0.2, 0) is 9.53 Å². The topological polar surface area (TPSA) is 104 Å². The number of esters is 1. The number of amides is 2. The number of rotatable bonds is 10. The molecular weight excluding hydrogens is 563 g/mol. The van der Waals surface area contributed by atoms with Crippen LogP contribution in [0.4, 0.5) is 10.5 Å². The van der Waals surface area contributed by atoms with Gasteiger partial charge in [0.2, 0.25) is 0 Å². The van der Waals surface area contributed by atoms with Gasteiger partial charge in [0.1, 0.15) is 29.5 Å². The Hall–Kier alpha value is -4.15. The zero-order valence-corrected chi connectivity index (χ0v) is 24.0. The lowest BCUT2D eigenvalue weighted by molar-refractivity contribution is -0.141. The lowest BCUT2D eigenvalue weighted by Crippen LogP contribution is -2.38. The highest BCUT2D eigenvalue weighted by Gasteiger charge is 2.25. The third-order valence-electron chi connectivity index (χ3n) is 5.40. The number of methoxy groups -OCH3 is 2. The summed E-state index contributed by atoms with van der Waals surface area (Å²) in [6.45, 7) is 1.30. The molecule has 0 aliphatic rings. The standard InChI is InChI=1S/C28H28Cl2N2O8/c1-6-38-25(33)16-32(28(35)40-19-9-7-18(36-4)8-10-19)17-13-22(29)26(23(30)14-17)39-20-11-12-24(37-5)21(15-20)27(34)31(2)3/h7-15H,6,16H2,1-5H3. The van der Waals surface area contributed by atoms with Crippen molar-refractivity contribution >= 4 is 46.9 Å². The normalized spacial score (nSPS) is 10.4. The molecular formula is C28H28Cl2N2O8. The van der Waals surface area contributed by atoms with Crippen LogP contribution in [-0.4, -0.2) is 64.3 Å². The fourth-order valence-electron chi connectivity index (χ4n) is 3.47. The number of benzene rings is 3. The summed E-state index contributed by atoms with van der Waals surface area (Å²) in [4.78, 5) is 40.5. The second kappa shape index (κ2) is 13.8. The van der Waals surface area contributed by atoms with Gasteiger partial charge in [0.05, 0.1) is 42.1 Å². The lowest BCUT2D eigenvalue weighted by Gasteiger charge is -2.22. The second-order valence-corrected chi connectivity index (χ2v) is 9.15. The van der Waals surface area contributed by atoms with E-state index in [1.54, 1.807) is 57.4 Å². The summed E-state index contributed by atoms with van der Waals surface area (Å²) >= 11 is 13.0. The predicted octanol–water partition coefficient (Wildman–Crippen LogP) is 6.07. The van der Waals surface area contributed by atoms with Crippen molar-refractivity contribution in [3.63, 3.8) is 0 Å². The summed E-state index contributed by atoms with van der Waals surface area (Å²) in [5.41, 5.74) is 0.433. The molecule has 3 aromatic carbocycles. The second-order valence-electron chi connectivity index (χ2n) is 8.34. The van der Waals surface area contributed by atoms with Gasteiger partial charge in [0.15, 0.2) is 5.75 Å². The smallest absolute Gasteiger partial charge is 0.420 e. The number of nitrogens with zero attached hydrogens (tertiary/aromatic N) is 2. The quantitative estimate of drug-likeness (QED) is 0.262. The highest BCUT2D eigenvalue weighted by atomic mass is 35.5. The molecule has 0 aromatic heterocycles. The van der Waals surface area contributed by atoms with Gasteiger partial charge < -0.3 is 28.6 Å². The Morgan fingerprint density at radius 3 is 1.98 bits per heavy atom. The van der Waals surface area contributed by atoms with E-state index >= 15 is 0 Å². The molecule has 0 N–H and O–H groups in total. The zero-order chi connectivity index (χ0) is 29.4. The molecule has 12 heteroatoms. The molecule has 0 saturated carbocycles. The highest BCUT2D eigenvalue weighted by Crippen LogP contribution is 2.41. The number of anilines is 1. The monoisotopic (exact) mass is 590 g/mol. The molecule has 3 rings (SSSR count). The first kappa shape index (κ1) is 30.4. The number of carbonyl (C=O) groups is 3. The Morgan fingerprint density at radius 2 is 1.43 bits per heavy atom. The minimum absolute atomic E-state index is 0.0323. The van der Waals surface area contributed by atoms with E-state index < -0.39 is 18.6 Å². The molecule has 0 unspecified atom stereocenters. The number of hydrogen-bond donors (Lipinski definition) is 0. The summed E-state index contributed by atoms with van der Waals surface area (Å²) in [6.07, 6.45) is -0.874. The first-order valence-corrected chi connectivity index (χ1v) is 12.7. The fraction of sp³-hybridized carbons (Fsp3) is 0.250. The molecule has 2 amide bonds. The van der Waals surface area contributed by atoms with Crippen LogP contribution in [0.1, 0.15) is 17.3 Å². The summed E-state index contributed by atoms with van der Waals surface area (Å²) < 4.78 is 26.8. The minimum atomic E-state index is -0.874. The molecule has 0 fully saturated rings. The maximum atomic E-state index is 13.1. The van der Waals surface area contributed by atoms with Crippen LogP contribution >= 0.6 is 23.2 Å². The van der Waals surface area contributed by atoms with Crippen LogP contribution in [0, 0.1) is 0 Å². The first-order valence-electron chi connectivity index (χ1n) is 11.9. The largest absolute Gasteiger partial charge is 0.497 e. The Labute approximate surface area is 241 Å². The molecule has 0 aliphatic carbocycles. The SMILES string of the molecule is CCOC(=O)CN(C(=O)Oc1ccc(OC)cc1)c1cc(Cl)c(Oc2ccc(OC)c(C(=O)N(C)C)c2)c(Cl)c1. The van der Waals surface area contributed by atoms with Gasteiger partial charge in [-0.1, -0.05) is 23.2 Å². The van der Waals surface area contributed by atoms with Gasteiger partial charge in [0.25, 0.3) is 5.91 Å². The van der Waals surface area contributed by atoms with Crippen LogP contribution in [0.2, 0.25) is 10.0 Å². The molecule has 0 spiro atoms. The van der Waals surface area contributed by atoms with Crippen molar-refractivity contribution in [3.8, 4) is 28.7 Å². The van der Waals surface area contributed by atoms with E-state index in [9.17, 15) is 14.4 Å². The predicted molar refractivity (Wildman–Crippen MR) is 151 cm³/mol. The van der Waals surface area contributed by atoms with E-state index in [1.165, 1.54) is 37.3 Å². The molecule has 0 atom stereocenters. The molecule has 212 valence electrons. The van der Waals surface area contributed by atoms with Crippen LogP contribution in [0.3, 0.4) is 0 Å². The molecule has 0 radical (unpaired) electrons. The van der Waals surface area contributed by atoms with E-state index in [2.05, 4.69) is 0 Å². The number of ether oxygens (including phenoxy) is 5. The van der Waals surface area contributed by atoms with Crippen LogP contribution in [0.15, 0.2) is 54.6 Å². The van der Waals surface area contributed by atoms with E-state index in [0.29, 0.717) is 11.5 Å². The number of carbonyl (C=O) groups excluding carboxylic acids is 3. The third kappa shape index (κ3) is 7.49. The summed E-state index contributed by atoms with van der Waals surface area (Å²) in [7, 11) is 6.20. The third-order valence-corrected chi connectivity index (χ3v) is 5.96. The molecule has 0 bridgehead atoms. The van der Waals surface area contributed by atoms with Crippen LogP contribution in [0.25, 0.3) is 0 Å². The average molecular weight is 591 g/mol. The Morgan fingerprint density at radius 1 is 0.825 bits per heavy atom.